The summed E-state index contributed by atoms with van der Waals surface area (Å²) in [6, 6.07) is 14.9. The second-order valence-electron chi connectivity index (χ2n) is 4.60. The molecular formula is C17H19NO4. The first kappa shape index (κ1) is 15.7. The Hall–Kier alpha value is -2.69. The van der Waals surface area contributed by atoms with E-state index in [-0.39, 0.29) is 0 Å². The van der Waals surface area contributed by atoms with Crippen molar-refractivity contribution in [1.82, 2.24) is 0 Å². The molecule has 0 spiro atoms. The molecule has 2 aromatic rings. The number of carbonyl (C=O) groups excluding carboxylic acids is 1. The van der Waals surface area contributed by atoms with Crippen LogP contribution in [0.5, 0.6) is 11.5 Å². The Morgan fingerprint density at radius 2 is 1.68 bits per heavy atom. The molecule has 5 nitrogen and oxygen atoms in total. The molecule has 22 heavy (non-hydrogen) atoms. The highest BCUT2D eigenvalue weighted by Gasteiger charge is 2.01. The van der Waals surface area contributed by atoms with Gasteiger partial charge in [-0.25, -0.2) is 4.79 Å². The van der Waals surface area contributed by atoms with Crippen LogP contribution < -0.4 is 14.8 Å². The normalized spacial score (nSPS) is 9.91. The molecule has 0 fully saturated rings. The molecule has 0 aliphatic rings. The Morgan fingerprint density at radius 3 is 2.36 bits per heavy atom. The molecule has 0 unspecified atom stereocenters. The van der Waals surface area contributed by atoms with Crippen LogP contribution in [0.2, 0.25) is 0 Å². The van der Waals surface area contributed by atoms with Crippen LogP contribution in [0.3, 0.4) is 0 Å². The van der Waals surface area contributed by atoms with E-state index in [2.05, 4.69) is 10.1 Å². The van der Waals surface area contributed by atoms with Gasteiger partial charge >= 0.3 is 6.09 Å². The highest BCUT2D eigenvalue weighted by Crippen LogP contribution is 2.17. The molecule has 0 heterocycles. The number of para-hydroxylation sites is 1. The summed E-state index contributed by atoms with van der Waals surface area (Å²) in [6.45, 7) is 2.91. The van der Waals surface area contributed by atoms with Crippen LogP contribution >= 0.6 is 0 Å². The number of carbonyl (C=O) groups is 1. The second kappa shape index (κ2) is 7.93. The topological polar surface area (TPSA) is 56.8 Å². The molecule has 0 radical (unpaired) electrons. The molecule has 0 bridgehead atoms. The molecule has 0 saturated carbocycles. The fraction of sp³-hybridized carbons (Fsp3) is 0.235. The first-order chi connectivity index (χ1) is 10.7. The van der Waals surface area contributed by atoms with E-state index in [1.165, 1.54) is 7.11 Å². The zero-order valence-electron chi connectivity index (χ0n) is 12.7. The molecule has 0 aliphatic heterocycles. The Bertz CT molecular complexity index is 610. The Balaban J connectivity index is 1.75. The Morgan fingerprint density at radius 1 is 1.00 bits per heavy atom. The molecule has 0 saturated heterocycles. The number of hydrogen-bond donors (Lipinski definition) is 1. The average molecular weight is 301 g/mol. The largest absolute Gasteiger partial charge is 0.490 e. The number of methoxy groups -OCH3 is 1. The van der Waals surface area contributed by atoms with Crippen molar-refractivity contribution in [3.05, 3.63) is 54.1 Å². The van der Waals surface area contributed by atoms with E-state index in [9.17, 15) is 4.79 Å². The lowest BCUT2D eigenvalue weighted by atomic mass is 10.2. The molecule has 1 amide bonds. The maximum Gasteiger partial charge on any atom is 0.411 e. The summed E-state index contributed by atoms with van der Waals surface area (Å²) < 4.78 is 15.8. The maximum atomic E-state index is 11.1. The third kappa shape index (κ3) is 4.70. The third-order valence-corrected chi connectivity index (χ3v) is 2.99. The van der Waals surface area contributed by atoms with Crippen molar-refractivity contribution < 1.29 is 19.0 Å². The molecular weight excluding hydrogens is 282 g/mol. The van der Waals surface area contributed by atoms with Crippen LogP contribution in [0.15, 0.2) is 48.5 Å². The first-order valence-electron chi connectivity index (χ1n) is 6.95. The van der Waals surface area contributed by atoms with E-state index >= 15 is 0 Å². The van der Waals surface area contributed by atoms with Gasteiger partial charge in [-0.1, -0.05) is 18.2 Å². The smallest absolute Gasteiger partial charge is 0.411 e. The van der Waals surface area contributed by atoms with Crippen LogP contribution in [-0.2, 0) is 4.74 Å². The lowest BCUT2D eigenvalue weighted by Gasteiger charge is -2.10. The van der Waals surface area contributed by atoms with Crippen LogP contribution in [0.1, 0.15) is 5.56 Å². The van der Waals surface area contributed by atoms with Crippen molar-refractivity contribution in [2.24, 2.45) is 0 Å². The summed E-state index contributed by atoms with van der Waals surface area (Å²) in [6.07, 6.45) is -0.500. The number of rotatable bonds is 6. The van der Waals surface area contributed by atoms with E-state index < -0.39 is 6.09 Å². The minimum Gasteiger partial charge on any atom is -0.490 e. The highest BCUT2D eigenvalue weighted by molar-refractivity contribution is 5.84. The molecule has 2 aromatic carbocycles. The van der Waals surface area contributed by atoms with Crippen molar-refractivity contribution in [2.75, 3.05) is 25.6 Å². The highest BCUT2D eigenvalue weighted by atomic mass is 16.5. The average Bonchev–Trinajstić information content (AvgIpc) is 2.54. The maximum absolute atomic E-state index is 11.1. The summed E-state index contributed by atoms with van der Waals surface area (Å²) >= 11 is 0. The Kier molecular flexibility index (Phi) is 5.65. The van der Waals surface area contributed by atoms with E-state index in [1.54, 1.807) is 24.3 Å². The van der Waals surface area contributed by atoms with Crippen molar-refractivity contribution in [1.29, 1.82) is 0 Å². The van der Waals surface area contributed by atoms with Gasteiger partial charge in [0.1, 0.15) is 24.7 Å². The predicted molar refractivity (Wildman–Crippen MR) is 84.6 cm³/mol. The molecule has 2 rings (SSSR count). The standard InChI is InChI=1S/C17H19NO4/c1-13-5-3-4-6-16(13)22-12-11-21-15-9-7-14(8-10-15)18-17(19)20-2/h3-10H,11-12H2,1-2H3,(H,18,19). The molecule has 0 aliphatic carbocycles. The molecule has 1 N–H and O–H groups in total. The van der Waals surface area contributed by atoms with Gasteiger partial charge in [-0.3, -0.25) is 5.32 Å². The SMILES string of the molecule is COC(=O)Nc1ccc(OCCOc2ccccc2C)cc1. The molecule has 0 atom stereocenters. The minimum absolute atomic E-state index is 0.443. The number of anilines is 1. The predicted octanol–water partition coefficient (Wildman–Crippen LogP) is 3.63. The zero-order chi connectivity index (χ0) is 15.8. The van der Waals surface area contributed by atoms with Gasteiger partial charge in [-0.15, -0.1) is 0 Å². The molecule has 5 heteroatoms. The van der Waals surface area contributed by atoms with Crippen LogP contribution in [-0.4, -0.2) is 26.4 Å². The lowest BCUT2D eigenvalue weighted by Crippen LogP contribution is -2.11. The summed E-state index contributed by atoms with van der Waals surface area (Å²) in [5, 5.41) is 2.57. The fourth-order valence-electron chi connectivity index (χ4n) is 1.83. The number of aryl methyl sites for hydroxylation is 1. The van der Waals surface area contributed by atoms with E-state index in [0.717, 1.165) is 11.3 Å². The van der Waals surface area contributed by atoms with Crippen LogP contribution in [0.4, 0.5) is 10.5 Å². The van der Waals surface area contributed by atoms with Gasteiger partial charge in [0.25, 0.3) is 0 Å². The van der Waals surface area contributed by atoms with Crippen LogP contribution in [0, 0.1) is 6.92 Å². The van der Waals surface area contributed by atoms with Gasteiger partial charge in [0, 0.05) is 5.69 Å². The number of nitrogens with one attached hydrogen (secondary N) is 1. The van der Waals surface area contributed by atoms with Gasteiger partial charge in [-0.05, 0) is 42.8 Å². The summed E-state index contributed by atoms with van der Waals surface area (Å²) in [5.41, 5.74) is 1.75. The Labute approximate surface area is 129 Å². The summed E-state index contributed by atoms with van der Waals surface area (Å²) in [4.78, 5) is 11.1. The first-order valence-corrected chi connectivity index (χ1v) is 6.95. The van der Waals surface area contributed by atoms with E-state index in [0.29, 0.717) is 24.7 Å². The van der Waals surface area contributed by atoms with Crippen molar-refractivity contribution in [3.8, 4) is 11.5 Å². The minimum atomic E-state index is -0.500. The van der Waals surface area contributed by atoms with Gasteiger partial charge in [0.2, 0.25) is 0 Å². The second-order valence-corrected chi connectivity index (χ2v) is 4.60. The van der Waals surface area contributed by atoms with Gasteiger partial charge in [0.15, 0.2) is 0 Å². The van der Waals surface area contributed by atoms with Crippen molar-refractivity contribution in [3.63, 3.8) is 0 Å². The van der Waals surface area contributed by atoms with Crippen molar-refractivity contribution in [2.45, 2.75) is 6.92 Å². The summed E-state index contributed by atoms with van der Waals surface area (Å²) in [7, 11) is 1.32. The van der Waals surface area contributed by atoms with Crippen LogP contribution in [0.25, 0.3) is 0 Å². The number of ether oxygens (including phenoxy) is 3. The molecule has 116 valence electrons. The molecule has 0 aromatic heterocycles. The number of benzene rings is 2. The quantitative estimate of drug-likeness (QED) is 0.828. The number of amides is 1. The zero-order valence-corrected chi connectivity index (χ0v) is 12.7. The van der Waals surface area contributed by atoms with Gasteiger partial charge in [-0.2, -0.15) is 0 Å². The lowest BCUT2D eigenvalue weighted by molar-refractivity contribution is 0.187. The monoisotopic (exact) mass is 301 g/mol. The van der Waals surface area contributed by atoms with E-state index in [4.69, 9.17) is 9.47 Å². The van der Waals surface area contributed by atoms with Gasteiger partial charge in [0.05, 0.1) is 7.11 Å². The fourth-order valence-corrected chi connectivity index (χ4v) is 1.83. The summed E-state index contributed by atoms with van der Waals surface area (Å²) in [5.74, 6) is 1.58. The van der Waals surface area contributed by atoms with E-state index in [1.807, 2.05) is 31.2 Å². The van der Waals surface area contributed by atoms with Crippen molar-refractivity contribution >= 4 is 11.8 Å². The third-order valence-electron chi connectivity index (χ3n) is 2.99. The number of hydrogen-bond acceptors (Lipinski definition) is 4. The van der Waals surface area contributed by atoms with Gasteiger partial charge < -0.3 is 14.2 Å².